The third kappa shape index (κ3) is 5.05. The standard InChI is InChI=1S/C19H29N3O3S/c23-19(20-15-17-7-3-1-4-8-17)16-21-11-13-22(14-12-21)26(24,25)18-9-5-2-6-10-18/h2,5-6,9-10,17H,1,3-4,7-8,11-16H2,(H,20,23)/p+1. The van der Waals surface area contributed by atoms with Crippen LogP contribution >= 0.6 is 0 Å². The number of quaternary nitrogens is 1. The van der Waals surface area contributed by atoms with Gasteiger partial charge in [-0.2, -0.15) is 4.31 Å². The number of benzene rings is 1. The van der Waals surface area contributed by atoms with Crippen molar-refractivity contribution in [1.82, 2.24) is 9.62 Å². The second-order valence-electron chi connectivity index (χ2n) is 7.45. The van der Waals surface area contributed by atoms with Gasteiger partial charge in [-0.1, -0.05) is 37.5 Å². The van der Waals surface area contributed by atoms with Gasteiger partial charge in [-0.15, -0.1) is 0 Å². The van der Waals surface area contributed by atoms with Crippen LogP contribution in [0.4, 0.5) is 0 Å². The molecule has 1 aromatic rings. The Bertz CT molecular complexity index is 679. The number of carbonyl (C=O) groups excluding carboxylic acids is 1. The minimum absolute atomic E-state index is 0.0879. The predicted octanol–water partition coefficient (Wildman–Crippen LogP) is 0.272. The van der Waals surface area contributed by atoms with Crippen molar-refractivity contribution in [2.45, 2.75) is 37.0 Å². The molecule has 2 aliphatic rings. The Kier molecular flexibility index (Phi) is 6.67. The van der Waals surface area contributed by atoms with Crippen LogP contribution in [0.1, 0.15) is 32.1 Å². The molecule has 0 aromatic heterocycles. The van der Waals surface area contributed by atoms with Gasteiger partial charge in [-0.05, 0) is 30.9 Å². The summed E-state index contributed by atoms with van der Waals surface area (Å²) in [4.78, 5) is 13.7. The number of piperazine rings is 1. The summed E-state index contributed by atoms with van der Waals surface area (Å²) >= 11 is 0. The van der Waals surface area contributed by atoms with E-state index in [4.69, 9.17) is 0 Å². The predicted molar refractivity (Wildman–Crippen MR) is 100 cm³/mol. The second kappa shape index (κ2) is 8.97. The third-order valence-corrected chi connectivity index (χ3v) is 7.45. The SMILES string of the molecule is O=C(C[NH+]1CCN(S(=O)(=O)c2ccccc2)CC1)NCC1CCCCC1. The van der Waals surface area contributed by atoms with Gasteiger partial charge in [0.25, 0.3) is 5.91 Å². The van der Waals surface area contributed by atoms with E-state index in [9.17, 15) is 13.2 Å². The fourth-order valence-corrected chi connectivity index (χ4v) is 5.36. The van der Waals surface area contributed by atoms with Crippen molar-refractivity contribution in [1.29, 1.82) is 0 Å². The van der Waals surface area contributed by atoms with E-state index in [1.165, 1.54) is 36.4 Å². The van der Waals surface area contributed by atoms with Gasteiger partial charge in [0, 0.05) is 6.54 Å². The van der Waals surface area contributed by atoms with Crippen LogP contribution in [-0.2, 0) is 14.8 Å². The lowest BCUT2D eigenvalue weighted by molar-refractivity contribution is -0.895. The first-order chi connectivity index (χ1) is 12.6. The summed E-state index contributed by atoms with van der Waals surface area (Å²) in [6, 6.07) is 8.56. The molecule has 0 unspecified atom stereocenters. The van der Waals surface area contributed by atoms with Gasteiger partial charge in [0.2, 0.25) is 10.0 Å². The number of hydrogen-bond donors (Lipinski definition) is 2. The molecule has 0 spiro atoms. The lowest BCUT2D eigenvalue weighted by Gasteiger charge is -2.31. The van der Waals surface area contributed by atoms with Gasteiger partial charge < -0.3 is 10.2 Å². The highest BCUT2D eigenvalue weighted by atomic mass is 32.2. The minimum atomic E-state index is -3.42. The Hall–Kier alpha value is -1.44. The molecule has 2 fully saturated rings. The van der Waals surface area contributed by atoms with E-state index in [1.54, 1.807) is 24.3 Å². The Labute approximate surface area is 156 Å². The highest BCUT2D eigenvalue weighted by Gasteiger charge is 2.31. The number of nitrogens with zero attached hydrogens (tertiary/aromatic N) is 1. The van der Waals surface area contributed by atoms with Gasteiger partial charge in [0.15, 0.2) is 6.54 Å². The monoisotopic (exact) mass is 380 g/mol. The first kappa shape index (κ1) is 19.3. The van der Waals surface area contributed by atoms with Gasteiger partial charge in [0.1, 0.15) is 0 Å². The van der Waals surface area contributed by atoms with Crippen LogP contribution in [0.5, 0.6) is 0 Å². The van der Waals surface area contributed by atoms with Crippen molar-refractivity contribution in [2.75, 3.05) is 39.3 Å². The molecule has 0 radical (unpaired) electrons. The number of carbonyl (C=O) groups is 1. The first-order valence-corrected chi connectivity index (χ1v) is 11.1. The summed E-state index contributed by atoms with van der Waals surface area (Å²) in [7, 11) is -3.42. The highest BCUT2D eigenvalue weighted by molar-refractivity contribution is 7.89. The Morgan fingerprint density at radius 2 is 1.73 bits per heavy atom. The fourth-order valence-electron chi connectivity index (χ4n) is 3.90. The average molecular weight is 381 g/mol. The van der Waals surface area contributed by atoms with Crippen molar-refractivity contribution >= 4 is 15.9 Å². The van der Waals surface area contributed by atoms with Gasteiger partial charge in [0.05, 0.1) is 31.1 Å². The van der Waals surface area contributed by atoms with Gasteiger partial charge in [-0.25, -0.2) is 8.42 Å². The normalized spacial score (nSPS) is 20.8. The molecule has 2 N–H and O–H groups in total. The number of amides is 1. The van der Waals surface area contributed by atoms with Crippen molar-refractivity contribution in [2.24, 2.45) is 5.92 Å². The van der Waals surface area contributed by atoms with Crippen LogP contribution in [-0.4, -0.2) is 57.9 Å². The number of nitrogens with one attached hydrogen (secondary N) is 2. The maximum atomic E-state index is 12.6. The lowest BCUT2D eigenvalue weighted by Crippen LogP contribution is -3.15. The molecule has 26 heavy (non-hydrogen) atoms. The minimum Gasteiger partial charge on any atom is -0.351 e. The summed E-state index contributed by atoms with van der Waals surface area (Å²) in [6.45, 7) is 3.49. The lowest BCUT2D eigenvalue weighted by atomic mass is 9.89. The summed E-state index contributed by atoms with van der Waals surface area (Å²) in [6.07, 6.45) is 6.34. The summed E-state index contributed by atoms with van der Waals surface area (Å²) < 4.78 is 26.8. The molecular weight excluding hydrogens is 350 g/mol. The molecule has 7 heteroatoms. The van der Waals surface area contributed by atoms with Gasteiger partial charge >= 0.3 is 0 Å². The van der Waals surface area contributed by atoms with Crippen molar-refractivity contribution in [3.8, 4) is 0 Å². The summed E-state index contributed by atoms with van der Waals surface area (Å²) in [5.74, 6) is 0.723. The van der Waals surface area contributed by atoms with Crippen LogP contribution in [0.15, 0.2) is 35.2 Å². The second-order valence-corrected chi connectivity index (χ2v) is 9.39. The van der Waals surface area contributed by atoms with Crippen molar-refractivity contribution in [3.05, 3.63) is 30.3 Å². The third-order valence-electron chi connectivity index (χ3n) is 5.53. The topological polar surface area (TPSA) is 70.9 Å². The molecule has 0 atom stereocenters. The molecule has 144 valence electrons. The van der Waals surface area contributed by atoms with E-state index in [-0.39, 0.29) is 5.91 Å². The molecule has 1 aliphatic heterocycles. The molecular formula is C19H30N3O3S+. The van der Waals surface area contributed by atoms with E-state index < -0.39 is 10.0 Å². The number of hydrogen-bond acceptors (Lipinski definition) is 3. The Morgan fingerprint density at radius 3 is 2.38 bits per heavy atom. The van der Waals surface area contributed by atoms with E-state index in [0.29, 0.717) is 43.5 Å². The highest BCUT2D eigenvalue weighted by Crippen LogP contribution is 2.22. The van der Waals surface area contributed by atoms with Crippen molar-refractivity contribution in [3.63, 3.8) is 0 Å². The molecule has 6 nitrogen and oxygen atoms in total. The van der Waals surface area contributed by atoms with Gasteiger partial charge in [-0.3, -0.25) is 4.79 Å². The molecule has 1 heterocycles. The molecule has 1 amide bonds. The smallest absolute Gasteiger partial charge is 0.275 e. The van der Waals surface area contributed by atoms with Crippen molar-refractivity contribution < 1.29 is 18.1 Å². The van der Waals surface area contributed by atoms with Crippen LogP contribution in [0.3, 0.4) is 0 Å². The molecule has 0 bridgehead atoms. The summed E-state index contributed by atoms with van der Waals surface area (Å²) in [5.41, 5.74) is 0. The Morgan fingerprint density at radius 1 is 1.08 bits per heavy atom. The average Bonchev–Trinajstić information content (AvgIpc) is 2.68. The van der Waals surface area contributed by atoms with E-state index in [0.717, 1.165) is 11.4 Å². The number of rotatable bonds is 6. The maximum absolute atomic E-state index is 12.6. The van der Waals surface area contributed by atoms with E-state index >= 15 is 0 Å². The number of sulfonamides is 1. The fraction of sp³-hybridized carbons (Fsp3) is 0.632. The molecule has 1 aliphatic carbocycles. The van der Waals surface area contributed by atoms with Crippen LogP contribution in [0, 0.1) is 5.92 Å². The summed E-state index contributed by atoms with van der Waals surface area (Å²) in [5, 5.41) is 3.08. The van der Waals surface area contributed by atoms with Crippen LogP contribution in [0.25, 0.3) is 0 Å². The van der Waals surface area contributed by atoms with Crippen LogP contribution in [0.2, 0.25) is 0 Å². The largest absolute Gasteiger partial charge is 0.351 e. The first-order valence-electron chi connectivity index (χ1n) is 9.71. The molecule has 1 aromatic carbocycles. The zero-order chi connectivity index (χ0) is 18.4. The van der Waals surface area contributed by atoms with E-state index in [1.807, 2.05) is 6.07 Å². The quantitative estimate of drug-likeness (QED) is 0.744. The zero-order valence-electron chi connectivity index (χ0n) is 15.3. The molecule has 1 saturated heterocycles. The zero-order valence-corrected chi connectivity index (χ0v) is 16.1. The molecule has 3 rings (SSSR count). The van der Waals surface area contributed by atoms with E-state index in [2.05, 4.69) is 5.32 Å². The van der Waals surface area contributed by atoms with Crippen LogP contribution < -0.4 is 10.2 Å². The molecule has 1 saturated carbocycles. The Balaban J connectivity index is 1.42. The maximum Gasteiger partial charge on any atom is 0.275 e.